The van der Waals surface area contributed by atoms with Gasteiger partial charge in [0.05, 0.1) is 31.4 Å². The lowest BCUT2D eigenvalue weighted by Crippen LogP contribution is -2.55. The Kier molecular flexibility index (Phi) is 5.96. The lowest BCUT2D eigenvalue weighted by Gasteiger charge is -2.35. The average Bonchev–Trinajstić information content (AvgIpc) is 3.19. The molecular formula is C26H24ClN3O6. The van der Waals surface area contributed by atoms with Gasteiger partial charge in [-0.3, -0.25) is 19.0 Å². The van der Waals surface area contributed by atoms with Crippen molar-refractivity contribution in [3.05, 3.63) is 69.4 Å². The van der Waals surface area contributed by atoms with E-state index in [1.165, 1.54) is 37.3 Å². The zero-order chi connectivity index (χ0) is 25.6. The summed E-state index contributed by atoms with van der Waals surface area (Å²) >= 11 is 6.42. The zero-order valence-corrected chi connectivity index (χ0v) is 20.7. The minimum atomic E-state index is -1.73. The molecule has 0 bridgehead atoms. The van der Waals surface area contributed by atoms with Crippen LogP contribution in [0, 0.1) is 5.92 Å². The third kappa shape index (κ3) is 3.53. The number of aromatic nitrogens is 2. The van der Waals surface area contributed by atoms with Gasteiger partial charge in [-0.2, -0.15) is 0 Å². The molecule has 0 unspecified atom stereocenters. The summed E-state index contributed by atoms with van der Waals surface area (Å²) in [6.45, 7) is 2.53. The predicted molar refractivity (Wildman–Crippen MR) is 133 cm³/mol. The van der Waals surface area contributed by atoms with E-state index in [2.05, 4.69) is 10.3 Å². The van der Waals surface area contributed by atoms with Crippen molar-refractivity contribution in [2.75, 3.05) is 20.8 Å². The molecule has 0 amide bonds. The first kappa shape index (κ1) is 23.9. The van der Waals surface area contributed by atoms with Crippen molar-refractivity contribution in [1.82, 2.24) is 14.9 Å². The van der Waals surface area contributed by atoms with E-state index in [0.29, 0.717) is 36.1 Å². The fourth-order valence-electron chi connectivity index (χ4n) is 4.85. The maximum Gasteiger partial charge on any atom is 0.261 e. The Labute approximate surface area is 211 Å². The highest BCUT2D eigenvalue weighted by atomic mass is 35.5. The zero-order valence-electron chi connectivity index (χ0n) is 20.0. The van der Waals surface area contributed by atoms with Gasteiger partial charge >= 0.3 is 0 Å². The Hall–Kier alpha value is -3.85. The summed E-state index contributed by atoms with van der Waals surface area (Å²) in [5.41, 5.74) is -0.425. The molecule has 0 saturated heterocycles. The van der Waals surface area contributed by atoms with Gasteiger partial charge < -0.3 is 19.5 Å². The van der Waals surface area contributed by atoms with E-state index in [9.17, 15) is 14.4 Å². The van der Waals surface area contributed by atoms with E-state index in [0.717, 1.165) is 0 Å². The smallest absolute Gasteiger partial charge is 0.261 e. The fourth-order valence-corrected chi connectivity index (χ4v) is 5.12. The van der Waals surface area contributed by atoms with Crippen LogP contribution in [0.5, 0.6) is 17.2 Å². The van der Waals surface area contributed by atoms with Crippen molar-refractivity contribution in [2.24, 2.45) is 5.92 Å². The van der Waals surface area contributed by atoms with Gasteiger partial charge in [-0.1, -0.05) is 30.7 Å². The topological polar surface area (TPSA) is 109 Å². The van der Waals surface area contributed by atoms with E-state index < -0.39 is 23.1 Å². The van der Waals surface area contributed by atoms with Crippen LogP contribution in [0.3, 0.4) is 0 Å². The number of benzene rings is 2. The number of ketones is 2. The number of hydrogen-bond acceptors (Lipinski definition) is 8. The number of nitrogens with one attached hydrogen (secondary N) is 1. The van der Waals surface area contributed by atoms with Gasteiger partial charge in [0.1, 0.15) is 22.1 Å². The summed E-state index contributed by atoms with van der Waals surface area (Å²) in [5, 5.41) is 3.87. The van der Waals surface area contributed by atoms with Crippen LogP contribution in [-0.4, -0.2) is 47.5 Å². The van der Waals surface area contributed by atoms with Gasteiger partial charge in [0.2, 0.25) is 17.2 Å². The molecule has 3 aromatic rings. The number of para-hydroxylation sites is 1. The van der Waals surface area contributed by atoms with Gasteiger partial charge in [0, 0.05) is 36.8 Å². The second-order valence-corrected chi connectivity index (χ2v) is 9.17. The maximum absolute atomic E-state index is 13.6. The molecule has 1 aliphatic carbocycles. The Morgan fingerprint density at radius 3 is 2.67 bits per heavy atom. The van der Waals surface area contributed by atoms with E-state index in [4.69, 9.17) is 25.8 Å². The first-order valence-electron chi connectivity index (χ1n) is 11.4. The highest BCUT2D eigenvalue weighted by Gasteiger charge is 2.60. The van der Waals surface area contributed by atoms with Crippen LogP contribution in [0.1, 0.15) is 23.7 Å². The largest absolute Gasteiger partial charge is 0.496 e. The molecular weight excluding hydrogens is 486 g/mol. The number of allylic oxidation sites excluding steroid dienone is 1. The molecule has 1 aromatic heterocycles. The Morgan fingerprint density at radius 1 is 1.19 bits per heavy atom. The average molecular weight is 510 g/mol. The standard InChI is InChI=1S/C26H24ClN3O6/c1-14-10-15(28-8-9-30-13-29-17-7-5-4-6-16(17)25(30)33)11-20(31)26(14)24(32)21-18(34-2)12-19(35-3)22(27)23(21)36-26/h4-7,11-14,28H,8-10H2,1-3H3/t14-,26+/m1/s1. The first-order valence-corrected chi connectivity index (χ1v) is 11.8. The summed E-state index contributed by atoms with van der Waals surface area (Å²) in [6.07, 6.45) is 3.29. The molecule has 36 heavy (non-hydrogen) atoms. The third-order valence-electron chi connectivity index (χ3n) is 6.75. The monoisotopic (exact) mass is 509 g/mol. The van der Waals surface area contributed by atoms with Crippen LogP contribution in [0.15, 0.2) is 53.2 Å². The molecule has 1 N–H and O–H groups in total. The van der Waals surface area contributed by atoms with Gasteiger partial charge in [0.25, 0.3) is 5.56 Å². The SMILES string of the molecule is COc1cc(OC)c2c(c1Cl)O[C@@]1(C(=O)C=C(NCCn3cnc4ccccc4c3=O)C[C@H]1C)C2=O. The van der Waals surface area contributed by atoms with Crippen LogP contribution >= 0.6 is 11.6 Å². The molecule has 0 radical (unpaired) electrons. The minimum absolute atomic E-state index is 0.0889. The molecule has 10 heteroatoms. The number of carbonyl (C=O) groups excluding carboxylic acids is 2. The predicted octanol–water partition coefficient (Wildman–Crippen LogP) is 3.16. The Balaban J connectivity index is 1.36. The molecule has 1 spiro atoms. The number of carbonyl (C=O) groups is 2. The quantitative estimate of drug-likeness (QED) is 0.505. The number of methoxy groups -OCH3 is 2. The maximum atomic E-state index is 13.6. The lowest BCUT2D eigenvalue weighted by atomic mass is 9.74. The number of hydrogen-bond donors (Lipinski definition) is 1. The van der Waals surface area contributed by atoms with Crippen molar-refractivity contribution in [2.45, 2.75) is 25.5 Å². The third-order valence-corrected chi connectivity index (χ3v) is 7.10. The van der Waals surface area contributed by atoms with Crippen molar-refractivity contribution in [3.63, 3.8) is 0 Å². The van der Waals surface area contributed by atoms with Crippen molar-refractivity contribution in [1.29, 1.82) is 0 Å². The van der Waals surface area contributed by atoms with E-state index in [1.807, 2.05) is 6.07 Å². The van der Waals surface area contributed by atoms with Crippen LogP contribution < -0.4 is 25.1 Å². The van der Waals surface area contributed by atoms with E-state index in [1.54, 1.807) is 25.1 Å². The van der Waals surface area contributed by atoms with E-state index >= 15 is 0 Å². The molecule has 9 nitrogen and oxygen atoms in total. The summed E-state index contributed by atoms with van der Waals surface area (Å²) in [5.74, 6) is -0.854. The second kappa shape index (κ2) is 8.98. The lowest BCUT2D eigenvalue weighted by molar-refractivity contribution is -0.129. The van der Waals surface area contributed by atoms with Crippen LogP contribution in [0.2, 0.25) is 5.02 Å². The van der Waals surface area contributed by atoms with Gasteiger partial charge in [-0.25, -0.2) is 4.98 Å². The molecule has 2 heterocycles. The van der Waals surface area contributed by atoms with Crippen LogP contribution in [0.4, 0.5) is 0 Å². The molecule has 0 saturated carbocycles. The first-order chi connectivity index (χ1) is 17.3. The summed E-state index contributed by atoms with van der Waals surface area (Å²) in [7, 11) is 2.86. The summed E-state index contributed by atoms with van der Waals surface area (Å²) < 4.78 is 18.2. The number of nitrogens with zero attached hydrogens (tertiary/aromatic N) is 2. The Bertz CT molecular complexity index is 1500. The second-order valence-electron chi connectivity index (χ2n) is 8.79. The fraction of sp³-hybridized carbons (Fsp3) is 0.308. The normalized spacial score (nSPS) is 20.8. The number of halogens is 1. The molecule has 1 aliphatic heterocycles. The highest BCUT2D eigenvalue weighted by molar-refractivity contribution is 6.36. The van der Waals surface area contributed by atoms with Gasteiger partial charge in [-0.05, 0) is 18.6 Å². The molecule has 2 aliphatic rings. The minimum Gasteiger partial charge on any atom is -0.496 e. The van der Waals surface area contributed by atoms with Crippen molar-refractivity contribution >= 4 is 34.1 Å². The highest BCUT2D eigenvalue weighted by Crippen LogP contribution is 2.52. The van der Waals surface area contributed by atoms with Crippen molar-refractivity contribution < 1.29 is 23.8 Å². The number of fused-ring (bicyclic) bond motifs is 2. The number of ether oxygens (including phenoxy) is 3. The Morgan fingerprint density at radius 2 is 1.94 bits per heavy atom. The van der Waals surface area contributed by atoms with Crippen molar-refractivity contribution in [3.8, 4) is 17.2 Å². The van der Waals surface area contributed by atoms with Gasteiger partial charge in [-0.15, -0.1) is 0 Å². The number of Topliss-reactive ketones (excluding diaryl/α,β-unsaturated/α-hetero) is 1. The van der Waals surface area contributed by atoms with E-state index in [-0.39, 0.29) is 33.4 Å². The molecule has 0 fully saturated rings. The van der Waals surface area contributed by atoms with Crippen LogP contribution in [-0.2, 0) is 11.3 Å². The summed E-state index contributed by atoms with van der Waals surface area (Å²) in [4.78, 5) is 44.0. The molecule has 5 rings (SSSR count). The van der Waals surface area contributed by atoms with Crippen LogP contribution in [0.25, 0.3) is 10.9 Å². The number of rotatable bonds is 6. The molecule has 2 aromatic carbocycles. The molecule has 2 atom stereocenters. The summed E-state index contributed by atoms with van der Waals surface area (Å²) in [6, 6.07) is 8.67. The molecule has 186 valence electrons. The van der Waals surface area contributed by atoms with Gasteiger partial charge in [0.15, 0.2) is 5.75 Å².